The van der Waals surface area contributed by atoms with Crippen molar-refractivity contribution in [3.8, 4) is 0 Å². The number of anilines is 1. The van der Waals surface area contributed by atoms with E-state index in [4.69, 9.17) is 0 Å². The van der Waals surface area contributed by atoms with Crippen LogP contribution in [0.5, 0.6) is 0 Å². The summed E-state index contributed by atoms with van der Waals surface area (Å²) in [7, 11) is 1.83. The Morgan fingerprint density at radius 3 is 2.50 bits per heavy atom. The third-order valence-electron chi connectivity index (χ3n) is 6.43. The molecular weight excluding hydrogens is 428 g/mol. The van der Waals surface area contributed by atoms with E-state index in [0.717, 1.165) is 54.6 Å². The van der Waals surface area contributed by atoms with Crippen molar-refractivity contribution in [2.24, 2.45) is 7.05 Å². The Hall–Kier alpha value is -3.42. The molecule has 1 aromatic carbocycles. The molecule has 34 heavy (non-hydrogen) atoms. The van der Waals surface area contributed by atoms with Crippen LogP contribution in [0.15, 0.2) is 42.9 Å². The van der Waals surface area contributed by atoms with Gasteiger partial charge >= 0.3 is 0 Å². The molecule has 180 valence electrons. The number of hydrogen-bond donors (Lipinski definition) is 0. The number of aryl methyl sites for hydroxylation is 2. The van der Waals surface area contributed by atoms with Crippen LogP contribution in [0.2, 0.25) is 0 Å². The highest BCUT2D eigenvalue weighted by atomic mass is 16.2. The number of aromatic nitrogens is 4. The van der Waals surface area contributed by atoms with E-state index >= 15 is 0 Å². The molecular formula is C26H34N6O2. The highest BCUT2D eigenvalue weighted by Gasteiger charge is 2.24. The van der Waals surface area contributed by atoms with Crippen molar-refractivity contribution in [1.82, 2.24) is 24.5 Å². The van der Waals surface area contributed by atoms with Crippen molar-refractivity contribution in [3.63, 3.8) is 0 Å². The normalized spacial score (nSPS) is 15.4. The number of hydrogen-bond acceptors (Lipinski definition) is 4. The molecule has 8 nitrogen and oxygen atoms in total. The zero-order valence-electron chi connectivity index (χ0n) is 20.4. The molecule has 3 aromatic rings. The molecule has 1 aliphatic heterocycles. The fourth-order valence-electron chi connectivity index (χ4n) is 4.66. The highest BCUT2D eigenvalue weighted by Crippen LogP contribution is 2.27. The minimum absolute atomic E-state index is 0.0106. The van der Waals surface area contributed by atoms with E-state index in [1.54, 1.807) is 24.0 Å². The second kappa shape index (κ2) is 10.7. The van der Waals surface area contributed by atoms with Crippen LogP contribution < -0.4 is 4.90 Å². The van der Waals surface area contributed by atoms with Crippen LogP contribution in [0.1, 0.15) is 66.2 Å². The van der Waals surface area contributed by atoms with Crippen molar-refractivity contribution in [3.05, 3.63) is 65.2 Å². The van der Waals surface area contributed by atoms with Gasteiger partial charge in [0.2, 0.25) is 5.91 Å². The molecule has 0 spiro atoms. The third-order valence-corrected chi connectivity index (χ3v) is 6.43. The fraction of sp³-hybridized carbons (Fsp3) is 0.462. The average molecular weight is 463 g/mol. The molecule has 0 saturated carbocycles. The first-order valence-electron chi connectivity index (χ1n) is 12.1. The van der Waals surface area contributed by atoms with Crippen LogP contribution in [-0.2, 0) is 24.9 Å². The fourth-order valence-corrected chi connectivity index (χ4v) is 4.66. The lowest BCUT2D eigenvalue weighted by Gasteiger charge is -2.29. The van der Waals surface area contributed by atoms with Gasteiger partial charge in [-0.25, -0.2) is 0 Å². The van der Waals surface area contributed by atoms with Crippen LogP contribution in [0.25, 0.3) is 0 Å². The van der Waals surface area contributed by atoms with Crippen LogP contribution in [-0.4, -0.2) is 49.4 Å². The Kier molecular flexibility index (Phi) is 7.45. The number of rotatable bonds is 3. The molecule has 2 amide bonds. The minimum Gasteiger partial charge on any atom is -0.334 e. The Labute approximate surface area is 201 Å². The van der Waals surface area contributed by atoms with Gasteiger partial charge in [-0.1, -0.05) is 31.4 Å². The van der Waals surface area contributed by atoms with E-state index in [1.165, 1.54) is 0 Å². The quantitative estimate of drug-likeness (QED) is 0.591. The number of carbonyl (C=O) groups excluding carboxylic acids is 2. The first-order valence-corrected chi connectivity index (χ1v) is 12.1. The van der Waals surface area contributed by atoms with Gasteiger partial charge in [-0.05, 0) is 43.0 Å². The smallest absolute Gasteiger partial charge is 0.257 e. The summed E-state index contributed by atoms with van der Waals surface area (Å²) in [6, 6.07) is 8.12. The van der Waals surface area contributed by atoms with Gasteiger partial charge in [-0.15, -0.1) is 0 Å². The van der Waals surface area contributed by atoms with E-state index in [9.17, 15) is 9.59 Å². The molecule has 8 heteroatoms. The lowest BCUT2D eigenvalue weighted by Crippen LogP contribution is -2.35. The summed E-state index contributed by atoms with van der Waals surface area (Å²) in [5, 5.41) is 8.68. The molecule has 0 N–H and O–H groups in total. The van der Waals surface area contributed by atoms with E-state index in [0.29, 0.717) is 31.7 Å². The first-order chi connectivity index (χ1) is 16.4. The Bertz CT molecular complexity index is 1130. The van der Waals surface area contributed by atoms with Gasteiger partial charge in [0.05, 0.1) is 17.8 Å². The highest BCUT2D eigenvalue weighted by molar-refractivity contribution is 5.95. The summed E-state index contributed by atoms with van der Waals surface area (Å²) in [5.41, 5.74) is 4.31. The largest absolute Gasteiger partial charge is 0.334 e. The molecule has 0 radical (unpaired) electrons. The van der Waals surface area contributed by atoms with E-state index in [-0.39, 0.29) is 11.8 Å². The maximum Gasteiger partial charge on any atom is 0.257 e. The monoisotopic (exact) mass is 462 g/mol. The maximum absolute atomic E-state index is 13.5. The zero-order chi connectivity index (χ0) is 24.1. The summed E-state index contributed by atoms with van der Waals surface area (Å²) < 4.78 is 3.56. The molecule has 0 atom stereocenters. The van der Waals surface area contributed by atoms with Crippen molar-refractivity contribution >= 4 is 17.5 Å². The summed E-state index contributed by atoms with van der Waals surface area (Å²) in [4.78, 5) is 30.0. The van der Waals surface area contributed by atoms with Gasteiger partial charge in [0, 0.05) is 57.9 Å². The molecule has 3 heterocycles. The number of amides is 2. The lowest BCUT2D eigenvalue weighted by atomic mass is 10.0. The Morgan fingerprint density at radius 2 is 1.82 bits per heavy atom. The second-order valence-corrected chi connectivity index (χ2v) is 9.13. The Balaban J connectivity index is 1.71. The van der Waals surface area contributed by atoms with Gasteiger partial charge < -0.3 is 9.80 Å². The van der Waals surface area contributed by atoms with Crippen LogP contribution >= 0.6 is 0 Å². The topological polar surface area (TPSA) is 76.3 Å². The lowest BCUT2D eigenvalue weighted by molar-refractivity contribution is -0.116. The van der Waals surface area contributed by atoms with Crippen molar-refractivity contribution in [2.75, 3.05) is 18.0 Å². The standard InChI is InChI=1S/C26H34N6O2/c1-20-24(19-29(3)28-20)26(34)30-13-7-5-4-6-8-15-32(21(2)33)25-16-22(10-11-23(25)18-30)17-31-14-9-12-27-31/h9-12,14,16,19H,4-8,13,15,17-18H2,1-3H3. The summed E-state index contributed by atoms with van der Waals surface area (Å²) >= 11 is 0. The van der Waals surface area contributed by atoms with Crippen LogP contribution in [0.3, 0.4) is 0 Å². The molecule has 0 aliphatic carbocycles. The first kappa shape index (κ1) is 23.7. The van der Waals surface area contributed by atoms with Crippen molar-refractivity contribution < 1.29 is 9.59 Å². The molecule has 0 bridgehead atoms. The molecule has 1 aliphatic rings. The predicted octanol–water partition coefficient (Wildman–Crippen LogP) is 3.93. The SMILES string of the molecule is CC(=O)N1CCCCCCCN(C(=O)c2cn(C)nc2C)Cc2ccc(Cn3cccn3)cc21. The van der Waals surface area contributed by atoms with Crippen LogP contribution in [0.4, 0.5) is 5.69 Å². The van der Waals surface area contributed by atoms with E-state index in [1.807, 2.05) is 40.7 Å². The van der Waals surface area contributed by atoms with Gasteiger partial charge in [0.25, 0.3) is 5.91 Å². The number of nitrogens with zero attached hydrogens (tertiary/aromatic N) is 6. The van der Waals surface area contributed by atoms with E-state index < -0.39 is 0 Å². The maximum atomic E-state index is 13.5. The molecule has 2 aromatic heterocycles. The minimum atomic E-state index is -0.0106. The predicted molar refractivity (Wildman–Crippen MR) is 132 cm³/mol. The number of fused-ring (bicyclic) bond motifs is 1. The number of carbonyl (C=O) groups is 2. The molecule has 4 rings (SSSR count). The third kappa shape index (κ3) is 5.55. The van der Waals surface area contributed by atoms with E-state index in [2.05, 4.69) is 28.4 Å². The zero-order valence-corrected chi connectivity index (χ0v) is 20.4. The van der Waals surface area contributed by atoms with Gasteiger partial charge in [0.15, 0.2) is 0 Å². The van der Waals surface area contributed by atoms with Crippen LogP contribution in [0, 0.1) is 6.92 Å². The molecule has 0 unspecified atom stereocenters. The summed E-state index contributed by atoms with van der Waals surface area (Å²) in [6.45, 7) is 5.94. The van der Waals surface area contributed by atoms with Crippen molar-refractivity contribution in [2.45, 2.75) is 59.0 Å². The Morgan fingerprint density at radius 1 is 1.06 bits per heavy atom. The second-order valence-electron chi connectivity index (χ2n) is 9.13. The van der Waals surface area contributed by atoms with Gasteiger partial charge in [-0.3, -0.25) is 19.0 Å². The average Bonchev–Trinajstić information content (AvgIpc) is 3.42. The van der Waals surface area contributed by atoms with Gasteiger partial charge in [-0.2, -0.15) is 10.2 Å². The molecule has 0 saturated heterocycles. The summed E-state index contributed by atoms with van der Waals surface area (Å²) in [6.07, 6.45) is 10.7. The van der Waals surface area contributed by atoms with Gasteiger partial charge in [0.1, 0.15) is 0 Å². The summed E-state index contributed by atoms with van der Waals surface area (Å²) in [5.74, 6) is 0.0131. The van der Waals surface area contributed by atoms with Crippen molar-refractivity contribution in [1.29, 1.82) is 0 Å². The number of benzene rings is 1. The molecule has 0 fully saturated rings.